The molecule has 0 fully saturated rings. The minimum Gasteiger partial charge on any atom is -0.339 e. The Labute approximate surface area is 124 Å². The summed E-state index contributed by atoms with van der Waals surface area (Å²) < 4.78 is 4.26. The third-order valence-electron chi connectivity index (χ3n) is 3.88. The summed E-state index contributed by atoms with van der Waals surface area (Å²) in [6.45, 7) is 1.71. The van der Waals surface area contributed by atoms with Gasteiger partial charge in [0, 0.05) is 23.3 Å². The van der Waals surface area contributed by atoms with Gasteiger partial charge in [-0.1, -0.05) is 18.2 Å². The van der Waals surface area contributed by atoms with Crippen molar-refractivity contribution in [1.82, 2.24) is 29.2 Å². The number of nitrogens with zero attached hydrogens (tertiary/aromatic N) is 6. The number of aryl methyl sites for hydroxylation is 2. The second-order valence-corrected chi connectivity index (χ2v) is 5.12. The molecule has 1 aromatic carbocycles. The Morgan fingerprint density at radius 3 is 2.64 bits per heavy atom. The summed E-state index contributed by atoms with van der Waals surface area (Å²) >= 11 is 0. The van der Waals surface area contributed by atoms with Crippen LogP contribution in [0.4, 0.5) is 0 Å². The van der Waals surface area contributed by atoms with Crippen molar-refractivity contribution in [1.29, 1.82) is 0 Å². The molecule has 0 unspecified atom stereocenters. The second kappa shape index (κ2) is 4.17. The van der Waals surface area contributed by atoms with Gasteiger partial charge in [-0.2, -0.15) is 9.78 Å². The molecule has 0 spiro atoms. The highest BCUT2D eigenvalue weighted by Gasteiger charge is 2.17. The maximum absolute atomic E-state index is 12.8. The van der Waals surface area contributed by atoms with Crippen molar-refractivity contribution in [2.45, 2.75) is 6.92 Å². The quantitative estimate of drug-likeness (QED) is 0.515. The van der Waals surface area contributed by atoms with Gasteiger partial charge in [0.05, 0.1) is 6.20 Å². The lowest BCUT2D eigenvalue weighted by atomic mass is 10.2. The van der Waals surface area contributed by atoms with E-state index in [1.807, 2.05) is 35.9 Å². The molecule has 8 heteroatoms. The summed E-state index contributed by atoms with van der Waals surface area (Å²) in [6.07, 6.45) is 1.66. The number of para-hydroxylation sites is 1. The van der Waals surface area contributed by atoms with Crippen LogP contribution in [0.3, 0.4) is 0 Å². The van der Waals surface area contributed by atoms with Crippen LogP contribution in [0.1, 0.15) is 5.82 Å². The fourth-order valence-electron chi connectivity index (χ4n) is 2.73. The van der Waals surface area contributed by atoms with Crippen LogP contribution in [-0.4, -0.2) is 29.2 Å². The number of hydrogen-bond donors (Lipinski definition) is 1. The molecule has 22 heavy (non-hydrogen) atoms. The lowest BCUT2D eigenvalue weighted by Crippen LogP contribution is -2.27. The van der Waals surface area contributed by atoms with Crippen LogP contribution in [-0.2, 0) is 7.05 Å². The van der Waals surface area contributed by atoms with Gasteiger partial charge in [0.15, 0.2) is 5.82 Å². The van der Waals surface area contributed by atoms with E-state index in [0.29, 0.717) is 11.3 Å². The Hall–Kier alpha value is -3.16. The van der Waals surface area contributed by atoms with E-state index in [2.05, 4.69) is 15.3 Å². The number of hydrogen-bond acceptors (Lipinski definition) is 5. The Morgan fingerprint density at radius 1 is 1.14 bits per heavy atom. The zero-order valence-electron chi connectivity index (χ0n) is 12.1. The summed E-state index contributed by atoms with van der Waals surface area (Å²) in [7, 11) is 1.86. The van der Waals surface area contributed by atoms with Gasteiger partial charge in [0.1, 0.15) is 5.52 Å². The molecule has 0 radical (unpaired) electrons. The maximum atomic E-state index is 12.8. The molecular weight excluding hydrogens is 282 g/mol. The minimum absolute atomic E-state index is 0.189. The van der Waals surface area contributed by atoms with Crippen molar-refractivity contribution in [3.05, 3.63) is 46.6 Å². The zero-order chi connectivity index (χ0) is 15.4. The highest BCUT2D eigenvalue weighted by atomic mass is 16.1. The molecule has 110 valence electrons. The first-order valence-corrected chi connectivity index (χ1v) is 6.72. The van der Waals surface area contributed by atoms with Crippen LogP contribution >= 0.6 is 0 Å². The summed E-state index contributed by atoms with van der Waals surface area (Å²) in [4.78, 5) is 12.8. The molecule has 4 rings (SSSR count). The summed E-state index contributed by atoms with van der Waals surface area (Å²) in [5.74, 6) is 6.54. The van der Waals surface area contributed by atoms with Crippen LogP contribution in [0.25, 0.3) is 27.8 Å². The SMILES string of the molecule is Cc1nnc(-n2ncc3c4ccccc4n(C)c3c2=O)n1N. The fraction of sp³-hybridized carbons (Fsp3) is 0.143. The molecule has 0 atom stereocenters. The molecule has 0 aliphatic rings. The first kappa shape index (κ1) is 12.6. The van der Waals surface area contributed by atoms with Gasteiger partial charge in [-0.05, 0) is 13.0 Å². The van der Waals surface area contributed by atoms with Crippen molar-refractivity contribution in [3.63, 3.8) is 0 Å². The molecule has 0 saturated heterocycles. The summed E-state index contributed by atoms with van der Waals surface area (Å²) in [6, 6.07) is 7.81. The number of rotatable bonds is 1. The fourth-order valence-corrected chi connectivity index (χ4v) is 2.73. The van der Waals surface area contributed by atoms with E-state index in [-0.39, 0.29) is 11.5 Å². The van der Waals surface area contributed by atoms with E-state index in [1.165, 1.54) is 9.36 Å². The van der Waals surface area contributed by atoms with Gasteiger partial charge in [0.25, 0.3) is 11.5 Å². The number of benzene rings is 1. The largest absolute Gasteiger partial charge is 0.339 e. The van der Waals surface area contributed by atoms with E-state index in [0.717, 1.165) is 16.3 Å². The van der Waals surface area contributed by atoms with Gasteiger partial charge in [-0.15, -0.1) is 10.2 Å². The van der Waals surface area contributed by atoms with Gasteiger partial charge >= 0.3 is 0 Å². The topological polar surface area (TPSA) is 96.5 Å². The third-order valence-corrected chi connectivity index (χ3v) is 3.88. The lowest BCUT2D eigenvalue weighted by Gasteiger charge is -2.04. The Morgan fingerprint density at radius 2 is 1.91 bits per heavy atom. The molecular formula is C14H13N7O. The van der Waals surface area contributed by atoms with E-state index in [1.54, 1.807) is 13.1 Å². The molecule has 0 bridgehead atoms. The highest BCUT2D eigenvalue weighted by Crippen LogP contribution is 2.24. The van der Waals surface area contributed by atoms with E-state index < -0.39 is 0 Å². The van der Waals surface area contributed by atoms with Crippen LogP contribution < -0.4 is 11.4 Å². The van der Waals surface area contributed by atoms with Gasteiger partial charge < -0.3 is 10.4 Å². The van der Waals surface area contributed by atoms with Crippen LogP contribution in [0.2, 0.25) is 0 Å². The summed E-state index contributed by atoms with van der Waals surface area (Å²) in [5.41, 5.74) is 1.24. The molecule has 3 aromatic heterocycles. The van der Waals surface area contributed by atoms with E-state index >= 15 is 0 Å². The molecule has 2 N–H and O–H groups in total. The van der Waals surface area contributed by atoms with Gasteiger partial charge in [-0.3, -0.25) is 4.79 Å². The number of fused-ring (bicyclic) bond motifs is 3. The minimum atomic E-state index is -0.282. The number of nitrogen functional groups attached to an aromatic ring is 1. The number of nitrogens with two attached hydrogens (primary N) is 1. The Bertz CT molecular complexity index is 1090. The standard InChI is InChI=1S/C14H13N7O/c1-8-17-18-14(20(8)15)21-13(22)12-10(7-16-21)9-5-3-4-6-11(9)19(12)2/h3-7H,15H2,1-2H3. The Kier molecular flexibility index (Phi) is 2.38. The predicted molar refractivity (Wildman–Crippen MR) is 82.3 cm³/mol. The predicted octanol–water partition coefficient (Wildman–Crippen LogP) is 0.491. The second-order valence-electron chi connectivity index (χ2n) is 5.12. The molecule has 4 aromatic rings. The zero-order valence-corrected chi connectivity index (χ0v) is 12.1. The molecule has 8 nitrogen and oxygen atoms in total. The van der Waals surface area contributed by atoms with Crippen molar-refractivity contribution in [2.24, 2.45) is 7.05 Å². The summed E-state index contributed by atoms with van der Waals surface area (Å²) in [5, 5.41) is 13.8. The average Bonchev–Trinajstić information content (AvgIpc) is 3.00. The van der Waals surface area contributed by atoms with E-state index in [4.69, 9.17) is 5.84 Å². The third kappa shape index (κ3) is 1.46. The molecule has 0 amide bonds. The first-order chi connectivity index (χ1) is 10.6. The smallest absolute Gasteiger partial charge is 0.298 e. The lowest BCUT2D eigenvalue weighted by molar-refractivity contribution is 0.725. The maximum Gasteiger partial charge on any atom is 0.298 e. The molecule has 0 aliphatic heterocycles. The normalized spacial score (nSPS) is 11.5. The first-order valence-electron chi connectivity index (χ1n) is 6.72. The van der Waals surface area contributed by atoms with Crippen molar-refractivity contribution < 1.29 is 0 Å². The van der Waals surface area contributed by atoms with Crippen LogP contribution in [0, 0.1) is 6.92 Å². The van der Waals surface area contributed by atoms with Crippen molar-refractivity contribution >= 4 is 21.8 Å². The highest BCUT2D eigenvalue weighted by molar-refractivity contribution is 6.07. The van der Waals surface area contributed by atoms with Crippen LogP contribution in [0.5, 0.6) is 0 Å². The van der Waals surface area contributed by atoms with E-state index in [9.17, 15) is 4.79 Å². The molecule has 3 heterocycles. The van der Waals surface area contributed by atoms with Crippen molar-refractivity contribution in [2.75, 3.05) is 5.84 Å². The average molecular weight is 295 g/mol. The molecule has 0 aliphatic carbocycles. The van der Waals surface area contributed by atoms with Gasteiger partial charge in [-0.25, -0.2) is 4.68 Å². The Balaban J connectivity index is 2.15. The van der Waals surface area contributed by atoms with Crippen molar-refractivity contribution in [3.8, 4) is 5.95 Å². The molecule has 0 saturated carbocycles. The van der Waals surface area contributed by atoms with Crippen LogP contribution in [0.15, 0.2) is 35.3 Å². The van der Waals surface area contributed by atoms with Gasteiger partial charge in [0.2, 0.25) is 0 Å². The number of aromatic nitrogens is 6. The monoisotopic (exact) mass is 295 g/mol.